The standard InChI is InChI=1S/C17H19N3O8/c1-3-11(21)25-8-9-14-15(28-13(23)5-4-12(22)27-14)16(26-9)20(2)7-6-10(18)19-17(20)24/h4-7,9,14-16H,3,8H2,1-2H3,(H-,18,19,24)/p+1/b5-4-/t9-,14-,15-,16-,20?/m1/s1. The molecule has 11 nitrogen and oxygen atoms in total. The van der Waals surface area contributed by atoms with Gasteiger partial charge in [0.15, 0.2) is 6.10 Å². The summed E-state index contributed by atoms with van der Waals surface area (Å²) in [4.78, 5) is 48.0. The van der Waals surface area contributed by atoms with Crippen molar-refractivity contribution in [3.8, 4) is 0 Å². The van der Waals surface area contributed by atoms with Gasteiger partial charge in [-0.1, -0.05) is 6.92 Å². The van der Waals surface area contributed by atoms with Crippen molar-refractivity contribution in [2.45, 2.75) is 37.9 Å². The van der Waals surface area contributed by atoms with E-state index in [0.29, 0.717) is 0 Å². The van der Waals surface area contributed by atoms with E-state index in [-0.39, 0.29) is 18.9 Å². The van der Waals surface area contributed by atoms with Gasteiger partial charge in [-0.3, -0.25) is 15.5 Å². The van der Waals surface area contributed by atoms with Crippen molar-refractivity contribution >= 4 is 29.8 Å². The number of urea groups is 1. The van der Waals surface area contributed by atoms with E-state index in [1.807, 2.05) is 0 Å². The molecular weight excluding hydrogens is 374 g/mol. The molecule has 28 heavy (non-hydrogen) atoms. The molecule has 1 fully saturated rings. The van der Waals surface area contributed by atoms with Crippen molar-refractivity contribution in [2.75, 3.05) is 13.7 Å². The summed E-state index contributed by atoms with van der Waals surface area (Å²) in [6, 6.07) is -0.595. The van der Waals surface area contributed by atoms with Crippen molar-refractivity contribution in [1.29, 1.82) is 5.41 Å². The SMILES string of the molecule is CCC(=O)OC[C@H]1O[C@@H]([N+]2(C)C=CC(=N)NC2=O)[C@@H]2OC(=O)/C=C\C(=O)O[C@@H]21. The molecule has 3 heterocycles. The summed E-state index contributed by atoms with van der Waals surface area (Å²) >= 11 is 0. The molecule has 0 saturated carbocycles. The van der Waals surface area contributed by atoms with Gasteiger partial charge in [0.1, 0.15) is 24.7 Å². The van der Waals surface area contributed by atoms with Crippen LogP contribution in [-0.4, -0.2) is 72.5 Å². The van der Waals surface area contributed by atoms with Gasteiger partial charge in [-0.05, 0) is 0 Å². The summed E-state index contributed by atoms with van der Waals surface area (Å²) in [5, 5.41) is 9.92. The van der Waals surface area contributed by atoms with E-state index in [0.717, 1.165) is 12.2 Å². The van der Waals surface area contributed by atoms with Crippen molar-refractivity contribution in [3.05, 3.63) is 24.4 Å². The van der Waals surface area contributed by atoms with Gasteiger partial charge in [0.05, 0.1) is 7.05 Å². The van der Waals surface area contributed by atoms with Gasteiger partial charge in [-0.15, -0.1) is 0 Å². The van der Waals surface area contributed by atoms with E-state index in [4.69, 9.17) is 24.4 Å². The van der Waals surface area contributed by atoms with E-state index in [1.165, 1.54) is 19.3 Å². The lowest BCUT2D eigenvalue weighted by Crippen LogP contribution is -2.63. The van der Waals surface area contributed by atoms with Gasteiger partial charge in [0, 0.05) is 24.6 Å². The number of quaternary nitrogens is 1. The molecular formula is C17H20N3O8+. The summed E-state index contributed by atoms with van der Waals surface area (Å²) in [6.07, 6.45) is 0.479. The first kappa shape index (κ1) is 19.7. The molecule has 0 radical (unpaired) electrons. The summed E-state index contributed by atoms with van der Waals surface area (Å²) < 4.78 is 21.2. The molecule has 11 heteroatoms. The van der Waals surface area contributed by atoms with Gasteiger partial charge in [-0.2, -0.15) is 4.48 Å². The molecule has 1 unspecified atom stereocenters. The lowest BCUT2D eigenvalue weighted by molar-refractivity contribution is -0.836. The molecule has 0 bridgehead atoms. The highest BCUT2D eigenvalue weighted by atomic mass is 16.7. The second-order valence-corrected chi connectivity index (χ2v) is 6.54. The molecule has 2 amide bonds. The first-order chi connectivity index (χ1) is 13.2. The number of likely N-dealkylation sites (N-methyl/N-ethyl adjacent to an activating group) is 1. The Hall–Kier alpha value is -3.05. The topological polar surface area (TPSA) is 141 Å². The fourth-order valence-corrected chi connectivity index (χ4v) is 3.08. The smallest absolute Gasteiger partial charge is 0.428 e. The number of ether oxygens (including phenoxy) is 4. The largest absolute Gasteiger partial charge is 0.463 e. The molecule has 3 aliphatic heterocycles. The molecule has 0 spiro atoms. The highest BCUT2D eigenvalue weighted by molar-refractivity contribution is 6.02. The zero-order chi connectivity index (χ0) is 20.5. The number of carbonyl (C=O) groups is 4. The second kappa shape index (κ2) is 7.52. The third-order valence-electron chi connectivity index (χ3n) is 4.60. The Bertz CT molecular complexity index is 791. The van der Waals surface area contributed by atoms with Crippen molar-refractivity contribution in [3.63, 3.8) is 0 Å². The fourth-order valence-electron chi connectivity index (χ4n) is 3.08. The van der Waals surface area contributed by atoms with Crippen LogP contribution < -0.4 is 5.32 Å². The van der Waals surface area contributed by atoms with Gasteiger partial charge in [0.25, 0.3) is 0 Å². The summed E-state index contributed by atoms with van der Waals surface area (Å²) in [7, 11) is 1.49. The van der Waals surface area contributed by atoms with Gasteiger partial charge < -0.3 is 18.9 Å². The van der Waals surface area contributed by atoms with Crippen LogP contribution in [0.15, 0.2) is 24.4 Å². The number of nitrogens with one attached hydrogen (secondary N) is 2. The third kappa shape index (κ3) is 3.66. The van der Waals surface area contributed by atoms with Crippen LogP contribution in [0.4, 0.5) is 4.79 Å². The van der Waals surface area contributed by atoms with Gasteiger partial charge in [-0.25, -0.2) is 14.4 Å². The van der Waals surface area contributed by atoms with Crippen LogP contribution in [0.5, 0.6) is 0 Å². The minimum atomic E-state index is -1.14. The normalized spacial score (nSPS) is 35.8. The van der Waals surface area contributed by atoms with Crippen LogP contribution in [0.1, 0.15) is 13.3 Å². The lowest BCUT2D eigenvalue weighted by atomic mass is 10.1. The molecule has 0 aromatic rings. The zero-order valence-corrected chi connectivity index (χ0v) is 15.2. The van der Waals surface area contributed by atoms with Gasteiger partial charge >= 0.3 is 23.9 Å². The van der Waals surface area contributed by atoms with Crippen LogP contribution in [0.25, 0.3) is 0 Å². The van der Waals surface area contributed by atoms with Crippen LogP contribution in [-0.2, 0) is 33.3 Å². The molecule has 0 aromatic heterocycles. The van der Waals surface area contributed by atoms with Crippen LogP contribution in [0.2, 0.25) is 0 Å². The number of hydrogen-bond donors (Lipinski definition) is 2. The summed E-state index contributed by atoms with van der Waals surface area (Å²) in [5.41, 5.74) is 0. The predicted molar refractivity (Wildman–Crippen MR) is 90.4 cm³/mol. The lowest BCUT2D eigenvalue weighted by Gasteiger charge is -2.36. The first-order valence-electron chi connectivity index (χ1n) is 8.60. The highest BCUT2D eigenvalue weighted by Gasteiger charge is 2.60. The molecule has 1 saturated heterocycles. The zero-order valence-electron chi connectivity index (χ0n) is 15.2. The fraction of sp³-hybridized carbons (Fsp3) is 0.471. The Labute approximate surface area is 159 Å². The molecule has 150 valence electrons. The first-order valence-corrected chi connectivity index (χ1v) is 8.60. The predicted octanol–water partition coefficient (Wildman–Crippen LogP) is -0.281. The average molecular weight is 394 g/mol. The Morgan fingerprint density at radius 2 is 1.82 bits per heavy atom. The molecule has 0 aromatic carbocycles. The van der Waals surface area contributed by atoms with E-state index >= 15 is 0 Å². The summed E-state index contributed by atoms with van der Waals surface area (Å²) in [5.74, 6) is -2.17. The number of rotatable bonds is 4. The Morgan fingerprint density at radius 3 is 2.43 bits per heavy atom. The Balaban J connectivity index is 1.94. The average Bonchev–Trinajstić information content (AvgIpc) is 2.97. The number of fused-ring (bicyclic) bond motifs is 1. The maximum absolute atomic E-state index is 12.5. The maximum atomic E-state index is 12.5. The highest BCUT2D eigenvalue weighted by Crippen LogP contribution is 2.34. The monoisotopic (exact) mass is 394 g/mol. The van der Waals surface area contributed by atoms with Gasteiger partial charge in [0.2, 0.25) is 12.3 Å². The quantitative estimate of drug-likeness (QED) is 0.377. The van der Waals surface area contributed by atoms with Crippen molar-refractivity contribution in [2.24, 2.45) is 0 Å². The molecule has 5 atom stereocenters. The molecule has 2 N–H and O–H groups in total. The number of amides is 2. The number of amidine groups is 1. The summed E-state index contributed by atoms with van der Waals surface area (Å²) in [6.45, 7) is 1.37. The number of hydrogen-bond acceptors (Lipinski definition) is 9. The van der Waals surface area contributed by atoms with Crippen LogP contribution in [0, 0.1) is 5.41 Å². The number of esters is 3. The van der Waals surface area contributed by atoms with Crippen LogP contribution in [0.3, 0.4) is 0 Å². The molecule has 3 aliphatic rings. The minimum absolute atomic E-state index is 0.104. The van der Waals surface area contributed by atoms with E-state index in [9.17, 15) is 19.2 Å². The minimum Gasteiger partial charge on any atom is -0.463 e. The van der Waals surface area contributed by atoms with Crippen molar-refractivity contribution < 1.29 is 42.6 Å². The Morgan fingerprint density at radius 1 is 1.18 bits per heavy atom. The third-order valence-corrected chi connectivity index (χ3v) is 4.60. The van der Waals surface area contributed by atoms with Crippen molar-refractivity contribution in [1.82, 2.24) is 5.32 Å². The van der Waals surface area contributed by atoms with Crippen LogP contribution >= 0.6 is 0 Å². The van der Waals surface area contributed by atoms with E-state index in [1.54, 1.807) is 6.92 Å². The maximum Gasteiger partial charge on any atom is 0.428 e. The molecule has 3 rings (SSSR count). The second-order valence-electron chi connectivity index (χ2n) is 6.54. The number of carbonyl (C=O) groups excluding carboxylic acids is 4. The van der Waals surface area contributed by atoms with E-state index < -0.39 is 53.0 Å². The molecule has 0 aliphatic carbocycles. The van der Waals surface area contributed by atoms with E-state index in [2.05, 4.69) is 5.32 Å². The number of nitrogens with zero attached hydrogens (tertiary/aromatic N) is 1. The Kier molecular flexibility index (Phi) is 5.29.